The summed E-state index contributed by atoms with van der Waals surface area (Å²) in [6.45, 7) is 2.73. The molecule has 1 saturated heterocycles. The Labute approximate surface area is 111 Å². The Hall–Kier alpha value is -1.26. The topological polar surface area (TPSA) is 49.8 Å². The molecule has 1 heterocycles. The van der Waals surface area contributed by atoms with E-state index in [-0.39, 0.29) is 12.7 Å². The third-order valence-electron chi connectivity index (χ3n) is 3.08. The first-order valence-electron chi connectivity index (χ1n) is 5.86. The number of halogens is 1. The molecule has 1 unspecified atom stereocenters. The van der Waals surface area contributed by atoms with Gasteiger partial charge in [-0.25, -0.2) is 4.79 Å². The second kappa shape index (κ2) is 5.16. The van der Waals surface area contributed by atoms with Crippen LogP contribution in [0.2, 0.25) is 5.02 Å². The highest BCUT2D eigenvalue weighted by Crippen LogP contribution is 2.28. The van der Waals surface area contributed by atoms with Gasteiger partial charge >= 0.3 is 6.09 Å². The monoisotopic (exact) mass is 269 g/mol. The van der Waals surface area contributed by atoms with Crippen LogP contribution < -0.4 is 0 Å². The molecule has 0 saturated carbocycles. The van der Waals surface area contributed by atoms with Gasteiger partial charge in [-0.15, -0.1) is 0 Å². The SMILES string of the molecule is CC1(CCO)CN(Cc2ccccc2Cl)C(=O)O1. The summed E-state index contributed by atoms with van der Waals surface area (Å²) >= 11 is 6.06. The lowest BCUT2D eigenvalue weighted by Crippen LogP contribution is -2.32. The quantitative estimate of drug-likeness (QED) is 0.913. The lowest BCUT2D eigenvalue weighted by Gasteiger charge is -2.20. The fourth-order valence-electron chi connectivity index (χ4n) is 2.10. The van der Waals surface area contributed by atoms with Gasteiger partial charge in [-0.3, -0.25) is 4.90 Å². The number of hydrogen-bond acceptors (Lipinski definition) is 3. The molecule has 1 atom stereocenters. The zero-order chi connectivity index (χ0) is 13.2. The van der Waals surface area contributed by atoms with Crippen LogP contribution in [0.25, 0.3) is 0 Å². The number of aliphatic hydroxyl groups is 1. The van der Waals surface area contributed by atoms with E-state index in [1.165, 1.54) is 0 Å². The summed E-state index contributed by atoms with van der Waals surface area (Å²) in [5, 5.41) is 9.61. The Morgan fingerprint density at radius 1 is 1.50 bits per heavy atom. The first-order valence-corrected chi connectivity index (χ1v) is 6.24. The van der Waals surface area contributed by atoms with Crippen molar-refractivity contribution in [3.05, 3.63) is 34.9 Å². The molecular formula is C13H16ClNO3. The second-order valence-corrected chi connectivity index (χ2v) is 5.15. The molecule has 1 aromatic carbocycles. The second-order valence-electron chi connectivity index (χ2n) is 4.74. The lowest BCUT2D eigenvalue weighted by atomic mass is 10.0. The maximum Gasteiger partial charge on any atom is 0.410 e. The van der Waals surface area contributed by atoms with E-state index in [2.05, 4.69) is 0 Å². The molecule has 0 bridgehead atoms. The largest absolute Gasteiger partial charge is 0.441 e. The molecule has 0 radical (unpaired) electrons. The minimum atomic E-state index is -0.604. The molecule has 1 aliphatic rings. The van der Waals surface area contributed by atoms with Crippen LogP contribution in [-0.4, -0.2) is 34.9 Å². The fourth-order valence-corrected chi connectivity index (χ4v) is 2.29. The smallest absolute Gasteiger partial charge is 0.410 e. The van der Waals surface area contributed by atoms with Crippen LogP contribution >= 0.6 is 11.6 Å². The Kier molecular flexibility index (Phi) is 3.78. The van der Waals surface area contributed by atoms with E-state index in [0.29, 0.717) is 24.5 Å². The number of ether oxygens (including phenoxy) is 1. The number of rotatable bonds is 4. The first kappa shape index (κ1) is 13.2. The number of carbonyl (C=O) groups is 1. The van der Waals surface area contributed by atoms with Crippen LogP contribution in [0.15, 0.2) is 24.3 Å². The molecule has 1 amide bonds. The number of carbonyl (C=O) groups excluding carboxylic acids is 1. The van der Waals surface area contributed by atoms with Crippen molar-refractivity contribution in [1.29, 1.82) is 0 Å². The van der Waals surface area contributed by atoms with Crippen molar-refractivity contribution in [2.75, 3.05) is 13.2 Å². The maximum atomic E-state index is 11.8. The van der Waals surface area contributed by atoms with Crippen molar-refractivity contribution >= 4 is 17.7 Å². The average Bonchev–Trinajstić information content (AvgIpc) is 2.57. The summed E-state index contributed by atoms with van der Waals surface area (Å²) in [6, 6.07) is 7.42. The minimum Gasteiger partial charge on any atom is -0.441 e. The molecule has 1 N–H and O–H groups in total. The normalized spacial score (nSPS) is 23.3. The van der Waals surface area contributed by atoms with Gasteiger partial charge in [0.2, 0.25) is 0 Å². The van der Waals surface area contributed by atoms with Crippen LogP contribution in [0.4, 0.5) is 4.79 Å². The molecule has 0 aromatic heterocycles. The van der Waals surface area contributed by atoms with E-state index in [1.54, 1.807) is 11.0 Å². The van der Waals surface area contributed by atoms with Gasteiger partial charge in [0.05, 0.1) is 13.1 Å². The van der Waals surface area contributed by atoms with Crippen LogP contribution in [0, 0.1) is 0 Å². The molecular weight excluding hydrogens is 254 g/mol. The predicted molar refractivity (Wildman–Crippen MR) is 68.5 cm³/mol. The minimum absolute atomic E-state index is 0.00368. The van der Waals surface area contributed by atoms with Crippen LogP contribution in [-0.2, 0) is 11.3 Å². The Balaban J connectivity index is 2.07. The summed E-state index contributed by atoms with van der Waals surface area (Å²) in [5.74, 6) is 0. The summed E-state index contributed by atoms with van der Waals surface area (Å²) in [5.41, 5.74) is 0.289. The van der Waals surface area contributed by atoms with Crippen molar-refractivity contribution in [2.45, 2.75) is 25.5 Å². The molecule has 18 heavy (non-hydrogen) atoms. The van der Waals surface area contributed by atoms with Gasteiger partial charge in [0.1, 0.15) is 5.60 Å². The molecule has 5 heteroatoms. The number of aliphatic hydroxyl groups excluding tert-OH is 1. The highest BCUT2D eigenvalue weighted by Gasteiger charge is 2.40. The summed E-state index contributed by atoms with van der Waals surface area (Å²) < 4.78 is 5.30. The molecule has 0 aliphatic carbocycles. The zero-order valence-corrected chi connectivity index (χ0v) is 11.0. The van der Waals surface area contributed by atoms with Crippen LogP contribution in [0.3, 0.4) is 0 Å². The number of cyclic esters (lactones) is 1. The van der Waals surface area contributed by atoms with Gasteiger partial charge in [-0.05, 0) is 18.6 Å². The van der Waals surface area contributed by atoms with Crippen LogP contribution in [0.1, 0.15) is 18.9 Å². The Morgan fingerprint density at radius 2 is 2.22 bits per heavy atom. The molecule has 4 nitrogen and oxygen atoms in total. The van der Waals surface area contributed by atoms with E-state index in [9.17, 15) is 4.79 Å². The molecule has 1 aromatic rings. The Bertz CT molecular complexity index is 452. The first-order chi connectivity index (χ1) is 8.54. The summed E-state index contributed by atoms with van der Waals surface area (Å²) in [6.07, 6.45) is 0.0865. The van der Waals surface area contributed by atoms with Crippen molar-refractivity contribution in [3.8, 4) is 0 Å². The molecule has 1 aliphatic heterocycles. The number of benzene rings is 1. The average molecular weight is 270 g/mol. The molecule has 1 fully saturated rings. The van der Waals surface area contributed by atoms with Crippen molar-refractivity contribution in [1.82, 2.24) is 4.90 Å². The van der Waals surface area contributed by atoms with Gasteiger partial charge in [0, 0.05) is 18.1 Å². The van der Waals surface area contributed by atoms with Gasteiger partial charge in [-0.2, -0.15) is 0 Å². The zero-order valence-electron chi connectivity index (χ0n) is 10.2. The molecule has 0 spiro atoms. The predicted octanol–water partition coefficient (Wildman–Crippen LogP) is 2.43. The third kappa shape index (κ3) is 2.76. The molecule has 98 valence electrons. The van der Waals surface area contributed by atoms with Crippen LogP contribution in [0.5, 0.6) is 0 Å². The third-order valence-corrected chi connectivity index (χ3v) is 3.45. The Morgan fingerprint density at radius 3 is 2.89 bits per heavy atom. The van der Waals surface area contributed by atoms with Gasteiger partial charge < -0.3 is 9.84 Å². The summed E-state index contributed by atoms with van der Waals surface area (Å²) in [4.78, 5) is 13.4. The number of nitrogens with zero attached hydrogens (tertiary/aromatic N) is 1. The number of hydrogen-bond donors (Lipinski definition) is 1. The van der Waals surface area contributed by atoms with Gasteiger partial charge in [0.25, 0.3) is 0 Å². The lowest BCUT2D eigenvalue weighted by molar-refractivity contribution is 0.0502. The fraction of sp³-hybridized carbons (Fsp3) is 0.462. The van der Waals surface area contributed by atoms with Gasteiger partial charge in [0.15, 0.2) is 0 Å². The maximum absolute atomic E-state index is 11.8. The van der Waals surface area contributed by atoms with Crippen molar-refractivity contribution in [3.63, 3.8) is 0 Å². The highest BCUT2D eigenvalue weighted by atomic mass is 35.5. The van der Waals surface area contributed by atoms with Crippen molar-refractivity contribution < 1.29 is 14.6 Å². The van der Waals surface area contributed by atoms with E-state index < -0.39 is 5.60 Å². The van der Waals surface area contributed by atoms with E-state index in [0.717, 1.165) is 5.56 Å². The van der Waals surface area contributed by atoms with E-state index >= 15 is 0 Å². The van der Waals surface area contributed by atoms with Crippen molar-refractivity contribution in [2.24, 2.45) is 0 Å². The summed E-state index contributed by atoms with van der Waals surface area (Å²) in [7, 11) is 0. The standard InChI is InChI=1S/C13H16ClNO3/c1-13(6-7-16)9-15(12(17)18-13)8-10-4-2-3-5-11(10)14/h2-5,16H,6-9H2,1H3. The van der Waals surface area contributed by atoms with Gasteiger partial charge in [-0.1, -0.05) is 29.8 Å². The van der Waals surface area contributed by atoms with E-state index in [4.69, 9.17) is 21.4 Å². The number of amides is 1. The molecule has 2 rings (SSSR count). The van der Waals surface area contributed by atoms with E-state index in [1.807, 2.05) is 25.1 Å². The highest BCUT2D eigenvalue weighted by molar-refractivity contribution is 6.31.